The summed E-state index contributed by atoms with van der Waals surface area (Å²) in [7, 11) is 0. The van der Waals surface area contributed by atoms with Gasteiger partial charge in [-0.05, 0) is 0 Å². The summed E-state index contributed by atoms with van der Waals surface area (Å²) in [4.78, 5) is 22.4. The van der Waals surface area contributed by atoms with Crippen molar-refractivity contribution in [1.29, 1.82) is 0 Å². The van der Waals surface area contributed by atoms with Crippen LogP contribution in [0.5, 0.6) is 0 Å². The lowest BCUT2D eigenvalue weighted by atomic mass is 9.90. The molecular weight excluding hydrogens is 348 g/mol. The van der Waals surface area contributed by atoms with Crippen LogP contribution in [0.2, 0.25) is 0 Å². The Morgan fingerprint density at radius 3 is 1.88 bits per heavy atom. The molecule has 12 heteroatoms. The molecule has 2 heterocycles. The molecule has 2 saturated heterocycles. The van der Waals surface area contributed by atoms with E-state index in [-0.39, 0.29) is 0 Å². The van der Waals surface area contributed by atoms with Gasteiger partial charge in [0.2, 0.25) is 0 Å². The number of carboxylic acids is 2. The van der Waals surface area contributed by atoms with Crippen LogP contribution >= 0.6 is 0 Å². The number of hydrogen-bond acceptors (Lipinski definition) is 10. The molecule has 0 aromatic carbocycles. The maximum absolute atomic E-state index is 11.2. The van der Waals surface area contributed by atoms with Crippen molar-refractivity contribution in [3.8, 4) is 0 Å². The summed E-state index contributed by atoms with van der Waals surface area (Å²) in [5, 5.41) is 67.0. The summed E-state index contributed by atoms with van der Waals surface area (Å²) in [5.74, 6) is -4.09. The van der Waals surface area contributed by atoms with E-state index in [9.17, 15) is 35.1 Å². The molecule has 144 valence electrons. The molecule has 0 radical (unpaired) electrons. The summed E-state index contributed by atoms with van der Waals surface area (Å²) in [6.07, 6.45) is -16.3. The highest BCUT2D eigenvalue weighted by Crippen LogP contribution is 2.31. The molecule has 0 amide bonds. The third-order valence-corrected chi connectivity index (χ3v) is 4.27. The maximum atomic E-state index is 11.2. The molecule has 2 aliphatic rings. The lowest BCUT2D eigenvalue weighted by Crippen LogP contribution is -2.64. The molecule has 0 aromatic rings. The summed E-state index contributed by atoms with van der Waals surface area (Å²) in [6.45, 7) is 1.32. The van der Waals surface area contributed by atoms with Gasteiger partial charge in [-0.3, -0.25) is 0 Å². The highest BCUT2D eigenvalue weighted by atomic mass is 16.7. The number of aliphatic hydroxyl groups is 5. The predicted molar refractivity (Wildman–Crippen MR) is 72.9 cm³/mol. The van der Waals surface area contributed by atoms with Crippen LogP contribution in [0.1, 0.15) is 6.92 Å². The van der Waals surface area contributed by atoms with Crippen molar-refractivity contribution in [2.75, 3.05) is 0 Å². The quantitative estimate of drug-likeness (QED) is 0.254. The Morgan fingerprint density at radius 2 is 1.36 bits per heavy atom. The first-order valence-corrected chi connectivity index (χ1v) is 7.38. The fraction of sp³-hybridized carbons (Fsp3) is 0.846. The molecule has 25 heavy (non-hydrogen) atoms. The van der Waals surface area contributed by atoms with E-state index >= 15 is 0 Å². The Bertz CT molecular complexity index is 511. The van der Waals surface area contributed by atoms with Crippen LogP contribution in [0.3, 0.4) is 0 Å². The molecule has 12 nitrogen and oxygen atoms in total. The van der Waals surface area contributed by atoms with Gasteiger partial charge in [0, 0.05) is 5.92 Å². The van der Waals surface area contributed by atoms with Crippen LogP contribution in [-0.4, -0.2) is 103 Å². The zero-order valence-electron chi connectivity index (χ0n) is 12.9. The molecule has 2 aliphatic heterocycles. The van der Waals surface area contributed by atoms with E-state index in [2.05, 4.69) is 4.74 Å². The van der Waals surface area contributed by atoms with Crippen LogP contribution in [0.15, 0.2) is 0 Å². The topological polar surface area (TPSA) is 203 Å². The highest BCUT2D eigenvalue weighted by Gasteiger charge is 2.52. The van der Waals surface area contributed by atoms with Crippen LogP contribution in [0.25, 0.3) is 0 Å². The lowest BCUT2D eigenvalue weighted by Gasteiger charge is -2.44. The predicted octanol–water partition coefficient (Wildman–Crippen LogP) is -3.94. The van der Waals surface area contributed by atoms with Crippen LogP contribution in [-0.2, 0) is 23.8 Å². The Morgan fingerprint density at radius 1 is 0.800 bits per heavy atom. The zero-order chi connectivity index (χ0) is 19.0. The monoisotopic (exact) mass is 368 g/mol. The fourth-order valence-corrected chi connectivity index (χ4v) is 2.75. The summed E-state index contributed by atoms with van der Waals surface area (Å²) >= 11 is 0. The zero-order valence-corrected chi connectivity index (χ0v) is 12.9. The molecule has 0 spiro atoms. The van der Waals surface area contributed by atoms with Crippen molar-refractivity contribution in [3.63, 3.8) is 0 Å². The van der Waals surface area contributed by atoms with E-state index in [4.69, 9.17) is 19.7 Å². The SMILES string of the molecule is CC1C(C(=O)O)OC(OC2C(C(=O)O)OC(O)C(O)C2O)C(O)C1O. The van der Waals surface area contributed by atoms with Gasteiger partial charge in [-0.25, -0.2) is 9.59 Å². The minimum Gasteiger partial charge on any atom is -0.479 e. The third kappa shape index (κ3) is 3.75. The molecule has 0 aliphatic carbocycles. The average Bonchev–Trinajstić information content (AvgIpc) is 2.54. The smallest absolute Gasteiger partial charge is 0.335 e. The first-order valence-electron chi connectivity index (χ1n) is 7.38. The van der Waals surface area contributed by atoms with Crippen molar-refractivity contribution in [3.05, 3.63) is 0 Å². The molecule has 10 unspecified atom stereocenters. The van der Waals surface area contributed by atoms with Gasteiger partial charge >= 0.3 is 11.9 Å². The van der Waals surface area contributed by atoms with Gasteiger partial charge in [0.15, 0.2) is 24.8 Å². The Balaban J connectivity index is 2.22. The summed E-state index contributed by atoms with van der Waals surface area (Å²) in [6, 6.07) is 0. The minimum absolute atomic E-state index is 0.998. The second-order valence-electron chi connectivity index (χ2n) is 5.97. The van der Waals surface area contributed by atoms with Gasteiger partial charge in [-0.15, -0.1) is 0 Å². The number of carbonyl (C=O) groups is 2. The second kappa shape index (κ2) is 7.47. The van der Waals surface area contributed by atoms with Crippen molar-refractivity contribution < 1.29 is 59.5 Å². The Labute approximate surface area is 140 Å². The Hall–Kier alpha value is -1.38. The fourth-order valence-electron chi connectivity index (χ4n) is 2.75. The minimum atomic E-state index is -1.99. The van der Waals surface area contributed by atoms with Gasteiger partial charge in [-0.1, -0.05) is 6.92 Å². The van der Waals surface area contributed by atoms with Crippen molar-refractivity contribution in [1.82, 2.24) is 0 Å². The van der Waals surface area contributed by atoms with Crippen molar-refractivity contribution in [2.24, 2.45) is 5.92 Å². The van der Waals surface area contributed by atoms with E-state index in [0.717, 1.165) is 0 Å². The molecule has 0 aromatic heterocycles. The largest absolute Gasteiger partial charge is 0.479 e. The molecular formula is C13H20O12. The van der Waals surface area contributed by atoms with Gasteiger partial charge in [0.05, 0.1) is 6.10 Å². The first-order chi connectivity index (χ1) is 11.6. The van der Waals surface area contributed by atoms with Gasteiger partial charge in [0.1, 0.15) is 24.4 Å². The van der Waals surface area contributed by atoms with E-state index in [1.807, 2.05) is 0 Å². The van der Waals surface area contributed by atoms with Crippen LogP contribution in [0.4, 0.5) is 0 Å². The van der Waals surface area contributed by atoms with E-state index in [1.54, 1.807) is 0 Å². The molecule has 0 bridgehead atoms. The third-order valence-electron chi connectivity index (χ3n) is 4.27. The van der Waals surface area contributed by atoms with Crippen LogP contribution < -0.4 is 0 Å². The van der Waals surface area contributed by atoms with E-state index in [0.29, 0.717) is 0 Å². The van der Waals surface area contributed by atoms with Crippen LogP contribution in [0, 0.1) is 5.92 Å². The van der Waals surface area contributed by atoms with Gasteiger partial charge in [0.25, 0.3) is 0 Å². The molecule has 2 rings (SSSR count). The normalized spacial score (nSPS) is 48.1. The van der Waals surface area contributed by atoms with E-state index in [1.165, 1.54) is 6.92 Å². The number of ether oxygens (including phenoxy) is 3. The molecule has 10 atom stereocenters. The number of hydrogen-bond donors (Lipinski definition) is 7. The number of aliphatic hydroxyl groups excluding tert-OH is 5. The average molecular weight is 368 g/mol. The standard InChI is InChI=1S/C13H20O12/c1-2-3(14)6(17)13(24-7(2)10(18)19)25-8-4(15)5(16)12(22)23-9(8)11(20)21/h2-9,12-17,22H,1H3,(H,18,19)(H,20,21). The number of aliphatic carboxylic acids is 2. The number of carboxylic acid groups (broad SMARTS) is 2. The first kappa shape index (κ1) is 19.9. The van der Waals surface area contributed by atoms with Gasteiger partial charge in [-0.2, -0.15) is 0 Å². The Kier molecular flexibility index (Phi) is 5.96. The summed E-state index contributed by atoms with van der Waals surface area (Å²) < 4.78 is 14.8. The molecule has 7 N–H and O–H groups in total. The highest BCUT2D eigenvalue weighted by molar-refractivity contribution is 5.73. The number of rotatable bonds is 4. The van der Waals surface area contributed by atoms with Crippen molar-refractivity contribution >= 4 is 11.9 Å². The second-order valence-corrected chi connectivity index (χ2v) is 5.97. The van der Waals surface area contributed by atoms with Gasteiger partial charge < -0.3 is 50.0 Å². The summed E-state index contributed by atoms with van der Waals surface area (Å²) in [5.41, 5.74) is 0. The van der Waals surface area contributed by atoms with E-state index < -0.39 is 73.2 Å². The molecule has 2 fully saturated rings. The maximum Gasteiger partial charge on any atom is 0.335 e. The lowest BCUT2D eigenvalue weighted by molar-refractivity contribution is -0.341. The molecule has 0 saturated carbocycles. The van der Waals surface area contributed by atoms with Crippen molar-refractivity contribution in [2.45, 2.75) is 62.2 Å².